The minimum absolute atomic E-state index is 0.0210. The summed E-state index contributed by atoms with van der Waals surface area (Å²) in [6.45, 7) is 2.68. The van der Waals surface area contributed by atoms with Gasteiger partial charge in [-0.3, -0.25) is 14.0 Å². The summed E-state index contributed by atoms with van der Waals surface area (Å²) in [6.07, 6.45) is 4.38. The van der Waals surface area contributed by atoms with E-state index in [0.29, 0.717) is 46.9 Å². The standard InChI is InChI=1S/C28H29F2N7O4/c1-15-11-16(3-4-18(15)27(39)32-7-8-33-28(40)20-12-17(38)13-34-20)36-25-26-35-14-21(37(26)10-9-31-25)19-5-6-22(41-2)24(30)23(19)29/h3-6,9-11,14,17,20,34,38H,7-8,12-13H2,1-2H3,(H,31,36)(H,32,39)(H,33,40)/t17-,20+/m1/s1. The summed E-state index contributed by atoms with van der Waals surface area (Å²) in [5, 5.41) is 21.2. The van der Waals surface area contributed by atoms with Crippen molar-refractivity contribution >= 4 is 29.0 Å². The molecule has 5 N–H and O–H groups in total. The van der Waals surface area contributed by atoms with Crippen molar-refractivity contribution in [3.8, 4) is 17.0 Å². The zero-order valence-electron chi connectivity index (χ0n) is 22.4. The Kier molecular flexibility index (Phi) is 8.08. The third-order valence-corrected chi connectivity index (χ3v) is 6.84. The highest BCUT2D eigenvalue weighted by atomic mass is 19.2. The van der Waals surface area contributed by atoms with Crippen LogP contribution in [0.5, 0.6) is 5.75 Å². The number of aliphatic hydroxyl groups excluding tert-OH is 1. The van der Waals surface area contributed by atoms with Crippen LogP contribution in [-0.2, 0) is 4.79 Å². The normalized spacial score (nSPS) is 16.5. The van der Waals surface area contributed by atoms with Gasteiger partial charge in [-0.25, -0.2) is 14.4 Å². The Hall–Kier alpha value is -4.62. The fraction of sp³-hybridized carbons (Fsp3) is 0.286. The predicted octanol–water partition coefficient (Wildman–Crippen LogP) is 2.30. The van der Waals surface area contributed by atoms with Crippen LogP contribution in [0.25, 0.3) is 16.9 Å². The lowest BCUT2D eigenvalue weighted by Crippen LogP contribution is -2.43. The summed E-state index contributed by atoms with van der Waals surface area (Å²) in [4.78, 5) is 33.5. The Balaban J connectivity index is 1.24. The Bertz CT molecular complexity index is 1610. The van der Waals surface area contributed by atoms with Crippen LogP contribution < -0.4 is 26.0 Å². The van der Waals surface area contributed by atoms with Gasteiger partial charge in [-0.05, 0) is 49.2 Å². The van der Waals surface area contributed by atoms with E-state index < -0.39 is 23.8 Å². The molecule has 1 saturated heterocycles. The van der Waals surface area contributed by atoms with Crippen LogP contribution in [-0.4, -0.2) is 70.2 Å². The van der Waals surface area contributed by atoms with E-state index in [-0.39, 0.29) is 36.2 Å². The van der Waals surface area contributed by atoms with Gasteiger partial charge in [0.2, 0.25) is 11.7 Å². The Morgan fingerprint density at radius 3 is 2.68 bits per heavy atom. The van der Waals surface area contributed by atoms with Crippen LogP contribution in [0.15, 0.2) is 48.9 Å². The lowest BCUT2D eigenvalue weighted by atomic mass is 10.1. The molecule has 0 unspecified atom stereocenters. The Morgan fingerprint density at radius 1 is 1.15 bits per heavy atom. The summed E-state index contributed by atoms with van der Waals surface area (Å²) < 4.78 is 35.5. The smallest absolute Gasteiger partial charge is 0.251 e. The van der Waals surface area contributed by atoms with Crippen LogP contribution in [0.3, 0.4) is 0 Å². The van der Waals surface area contributed by atoms with Gasteiger partial charge in [0.05, 0.1) is 31.1 Å². The van der Waals surface area contributed by atoms with E-state index >= 15 is 0 Å². The number of rotatable bonds is 9. The number of aliphatic hydroxyl groups is 1. The number of anilines is 2. The molecule has 0 saturated carbocycles. The molecule has 2 aromatic carbocycles. The van der Waals surface area contributed by atoms with Crippen LogP contribution >= 0.6 is 0 Å². The number of methoxy groups -OCH3 is 1. The Morgan fingerprint density at radius 2 is 1.95 bits per heavy atom. The number of carbonyl (C=O) groups is 2. The molecule has 5 rings (SSSR count). The molecule has 2 amide bonds. The van der Waals surface area contributed by atoms with Gasteiger partial charge in [0.1, 0.15) is 0 Å². The highest BCUT2D eigenvalue weighted by Crippen LogP contribution is 2.31. The van der Waals surface area contributed by atoms with Crippen LogP contribution in [0.1, 0.15) is 22.3 Å². The number of amides is 2. The first-order valence-electron chi connectivity index (χ1n) is 13.0. The molecule has 0 radical (unpaired) electrons. The van der Waals surface area contributed by atoms with Crippen molar-refractivity contribution in [1.29, 1.82) is 0 Å². The number of hydrogen-bond acceptors (Lipinski definition) is 8. The number of ether oxygens (including phenoxy) is 1. The van der Waals surface area contributed by atoms with Crippen LogP contribution in [0.4, 0.5) is 20.3 Å². The second-order valence-corrected chi connectivity index (χ2v) is 9.61. The largest absolute Gasteiger partial charge is 0.494 e. The lowest BCUT2D eigenvalue weighted by molar-refractivity contribution is -0.122. The molecular formula is C28H29F2N7O4. The van der Waals surface area contributed by atoms with Gasteiger partial charge < -0.3 is 31.1 Å². The first-order chi connectivity index (χ1) is 19.8. The molecule has 1 aliphatic rings. The molecule has 13 heteroatoms. The number of nitrogens with one attached hydrogen (secondary N) is 4. The van der Waals surface area contributed by atoms with E-state index in [1.165, 1.54) is 31.6 Å². The van der Waals surface area contributed by atoms with E-state index in [1.807, 2.05) is 0 Å². The van der Waals surface area contributed by atoms with E-state index in [9.17, 15) is 23.5 Å². The average molecular weight is 566 g/mol. The zero-order chi connectivity index (χ0) is 29.1. The molecule has 11 nitrogen and oxygen atoms in total. The van der Waals surface area contributed by atoms with Crippen molar-refractivity contribution in [2.75, 3.05) is 32.1 Å². The molecule has 2 aromatic heterocycles. The molecule has 3 heterocycles. The summed E-state index contributed by atoms with van der Waals surface area (Å²) in [6, 6.07) is 7.51. The predicted molar refractivity (Wildman–Crippen MR) is 147 cm³/mol. The third-order valence-electron chi connectivity index (χ3n) is 6.84. The maximum absolute atomic E-state index is 14.8. The van der Waals surface area contributed by atoms with Crippen LogP contribution in [0.2, 0.25) is 0 Å². The van der Waals surface area contributed by atoms with Crippen molar-refractivity contribution in [3.63, 3.8) is 0 Å². The minimum Gasteiger partial charge on any atom is -0.494 e. The highest BCUT2D eigenvalue weighted by molar-refractivity contribution is 5.96. The lowest BCUT2D eigenvalue weighted by Gasteiger charge is -2.13. The second kappa shape index (κ2) is 11.9. The van der Waals surface area contributed by atoms with E-state index in [0.717, 1.165) is 0 Å². The van der Waals surface area contributed by atoms with E-state index in [2.05, 4.69) is 31.2 Å². The Labute approximate surface area is 234 Å². The fourth-order valence-electron chi connectivity index (χ4n) is 4.72. The molecular weight excluding hydrogens is 536 g/mol. The average Bonchev–Trinajstić information content (AvgIpc) is 3.59. The minimum atomic E-state index is -1.08. The van der Waals surface area contributed by atoms with Gasteiger partial charge in [0.15, 0.2) is 23.0 Å². The number of aryl methyl sites for hydroxylation is 1. The zero-order valence-corrected chi connectivity index (χ0v) is 22.4. The molecule has 0 spiro atoms. The molecule has 1 fully saturated rings. The number of aromatic nitrogens is 3. The van der Waals surface area contributed by atoms with Crippen molar-refractivity contribution in [1.82, 2.24) is 30.3 Å². The number of nitrogens with zero attached hydrogens (tertiary/aromatic N) is 3. The fourth-order valence-corrected chi connectivity index (χ4v) is 4.72. The SMILES string of the molecule is COc1ccc(-c2cnc3c(Nc4ccc(C(=O)NCCNC(=O)[C@@H]5C[C@@H](O)CN5)c(C)c4)nccn23)c(F)c1F. The molecule has 0 bridgehead atoms. The first-order valence-corrected chi connectivity index (χ1v) is 13.0. The molecule has 2 atom stereocenters. The number of imidazole rings is 1. The van der Waals surface area contributed by atoms with Gasteiger partial charge in [0.25, 0.3) is 5.91 Å². The van der Waals surface area contributed by atoms with Gasteiger partial charge in [-0.1, -0.05) is 0 Å². The van der Waals surface area contributed by atoms with Gasteiger partial charge in [0, 0.05) is 48.8 Å². The number of fused-ring (bicyclic) bond motifs is 1. The number of β-amino-alcohol motifs (C(OH)–C–C–N with tert-alkyl or cyclic N) is 1. The summed E-state index contributed by atoms with van der Waals surface area (Å²) in [7, 11) is 1.27. The molecule has 4 aromatic rings. The second-order valence-electron chi connectivity index (χ2n) is 9.61. The highest BCUT2D eigenvalue weighted by Gasteiger charge is 2.27. The first kappa shape index (κ1) is 27.9. The topological polar surface area (TPSA) is 142 Å². The molecule has 41 heavy (non-hydrogen) atoms. The number of carbonyl (C=O) groups excluding carboxylic acids is 2. The van der Waals surface area contributed by atoms with Gasteiger partial charge >= 0.3 is 0 Å². The van der Waals surface area contributed by atoms with E-state index in [4.69, 9.17) is 4.74 Å². The molecule has 1 aliphatic heterocycles. The van der Waals surface area contributed by atoms with Crippen molar-refractivity contribution in [2.45, 2.75) is 25.5 Å². The van der Waals surface area contributed by atoms with Gasteiger partial charge in [-0.2, -0.15) is 4.39 Å². The maximum Gasteiger partial charge on any atom is 0.251 e. The monoisotopic (exact) mass is 565 g/mol. The molecule has 0 aliphatic carbocycles. The molecule has 214 valence electrons. The summed E-state index contributed by atoms with van der Waals surface area (Å²) in [5.74, 6) is -2.44. The van der Waals surface area contributed by atoms with Crippen molar-refractivity contribution in [3.05, 3.63) is 71.7 Å². The maximum atomic E-state index is 14.8. The van der Waals surface area contributed by atoms with Crippen molar-refractivity contribution in [2.24, 2.45) is 0 Å². The van der Waals surface area contributed by atoms with Crippen LogP contribution in [0, 0.1) is 18.6 Å². The number of hydrogen-bond donors (Lipinski definition) is 5. The van der Waals surface area contributed by atoms with E-state index in [1.54, 1.807) is 35.7 Å². The summed E-state index contributed by atoms with van der Waals surface area (Å²) >= 11 is 0. The van der Waals surface area contributed by atoms with Crippen molar-refractivity contribution < 1.29 is 28.2 Å². The third kappa shape index (κ3) is 5.81. The quantitative estimate of drug-likeness (QED) is 0.195. The number of benzene rings is 2. The summed E-state index contributed by atoms with van der Waals surface area (Å²) in [5.41, 5.74) is 2.56. The van der Waals surface area contributed by atoms with Gasteiger partial charge in [-0.15, -0.1) is 0 Å². The number of halogens is 2.